The van der Waals surface area contributed by atoms with Gasteiger partial charge in [-0.25, -0.2) is 4.79 Å². The maximum Gasteiger partial charge on any atom is 0.318 e. The molecule has 0 saturated heterocycles. The lowest BCUT2D eigenvalue weighted by Gasteiger charge is -2.10. The number of urea groups is 1. The Morgan fingerprint density at radius 3 is 2.50 bits per heavy atom. The van der Waals surface area contributed by atoms with Gasteiger partial charge in [-0.05, 0) is 36.3 Å². The van der Waals surface area contributed by atoms with Gasteiger partial charge in [-0.3, -0.25) is 0 Å². The van der Waals surface area contributed by atoms with Crippen LogP contribution in [0.4, 0.5) is 10.5 Å². The summed E-state index contributed by atoms with van der Waals surface area (Å²) in [6.45, 7) is 4.02. The summed E-state index contributed by atoms with van der Waals surface area (Å²) in [5.41, 5.74) is 3.12. The Bertz CT molecular complexity index is 363. The van der Waals surface area contributed by atoms with Crippen LogP contribution in [-0.4, -0.2) is 13.1 Å². The average molecular weight is 210 g/mol. The fourth-order valence-electron chi connectivity index (χ4n) is 1.19. The van der Waals surface area contributed by atoms with Crippen molar-refractivity contribution >= 4 is 26.3 Å². The SMILES string of the molecule is CNC(=O)Nc1cc(P)c(C)cc1C. The fraction of sp³-hybridized carbons (Fsp3) is 0.300. The van der Waals surface area contributed by atoms with Crippen molar-refractivity contribution in [1.82, 2.24) is 5.32 Å². The number of amides is 2. The zero-order valence-corrected chi connectivity index (χ0v) is 9.79. The maximum atomic E-state index is 11.1. The molecule has 3 nitrogen and oxygen atoms in total. The van der Waals surface area contributed by atoms with Crippen LogP contribution >= 0.6 is 9.24 Å². The molecule has 1 aromatic rings. The minimum atomic E-state index is -0.193. The quantitative estimate of drug-likeness (QED) is 0.678. The molecule has 1 unspecified atom stereocenters. The summed E-state index contributed by atoms with van der Waals surface area (Å²) in [5.74, 6) is 0. The summed E-state index contributed by atoms with van der Waals surface area (Å²) in [6, 6.07) is 3.81. The first-order valence-corrected chi connectivity index (χ1v) is 4.97. The monoisotopic (exact) mass is 210 g/mol. The van der Waals surface area contributed by atoms with Crippen molar-refractivity contribution in [3.8, 4) is 0 Å². The molecule has 2 amide bonds. The minimum Gasteiger partial charge on any atom is -0.341 e. The van der Waals surface area contributed by atoms with Crippen molar-refractivity contribution in [1.29, 1.82) is 0 Å². The average Bonchev–Trinajstić information content (AvgIpc) is 2.14. The Kier molecular flexibility index (Phi) is 3.48. The summed E-state index contributed by atoms with van der Waals surface area (Å²) < 4.78 is 0. The third-order valence-electron chi connectivity index (χ3n) is 2.09. The predicted octanol–water partition coefficient (Wildman–Crippen LogP) is 1.56. The highest BCUT2D eigenvalue weighted by atomic mass is 31.0. The number of carbonyl (C=O) groups is 1. The molecule has 0 aliphatic rings. The third-order valence-corrected chi connectivity index (χ3v) is 2.71. The van der Waals surface area contributed by atoms with E-state index in [1.165, 1.54) is 5.56 Å². The number of aryl methyl sites for hydroxylation is 2. The van der Waals surface area contributed by atoms with E-state index in [4.69, 9.17) is 0 Å². The molecule has 1 aromatic carbocycles. The molecule has 0 fully saturated rings. The van der Waals surface area contributed by atoms with E-state index in [2.05, 4.69) is 19.9 Å². The van der Waals surface area contributed by atoms with Crippen LogP contribution in [0.25, 0.3) is 0 Å². The molecule has 0 aliphatic heterocycles. The first kappa shape index (κ1) is 11.0. The molecule has 0 spiro atoms. The Morgan fingerprint density at radius 2 is 1.93 bits per heavy atom. The molecule has 1 rings (SSSR count). The van der Waals surface area contributed by atoms with Gasteiger partial charge in [0.1, 0.15) is 0 Å². The van der Waals surface area contributed by atoms with E-state index in [0.29, 0.717) is 0 Å². The second-order valence-electron chi connectivity index (χ2n) is 3.23. The first-order chi connectivity index (χ1) is 6.54. The topological polar surface area (TPSA) is 41.1 Å². The molecule has 1 atom stereocenters. The number of hydrogen-bond acceptors (Lipinski definition) is 1. The Hall–Kier alpha value is -1.08. The molecular formula is C10H15N2OP. The summed E-state index contributed by atoms with van der Waals surface area (Å²) in [6.07, 6.45) is 0. The molecule has 14 heavy (non-hydrogen) atoms. The van der Waals surface area contributed by atoms with Crippen LogP contribution in [0.15, 0.2) is 12.1 Å². The zero-order chi connectivity index (χ0) is 10.7. The second-order valence-corrected chi connectivity index (χ2v) is 3.85. The predicted molar refractivity (Wildman–Crippen MR) is 63.3 cm³/mol. The highest BCUT2D eigenvalue weighted by Gasteiger charge is 2.04. The molecule has 0 aromatic heterocycles. The van der Waals surface area contributed by atoms with E-state index >= 15 is 0 Å². The highest BCUT2D eigenvalue weighted by molar-refractivity contribution is 7.27. The van der Waals surface area contributed by atoms with Gasteiger partial charge >= 0.3 is 6.03 Å². The molecule has 0 heterocycles. The number of anilines is 1. The smallest absolute Gasteiger partial charge is 0.318 e. The van der Waals surface area contributed by atoms with Crippen LogP contribution in [-0.2, 0) is 0 Å². The van der Waals surface area contributed by atoms with E-state index in [-0.39, 0.29) is 6.03 Å². The van der Waals surface area contributed by atoms with Gasteiger partial charge in [-0.15, -0.1) is 9.24 Å². The summed E-state index contributed by atoms with van der Waals surface area (Å²) >= 11 is 0. The van der Waals surface area contributed by atoms with Crippen molar-refractivity contribution in [3.05, 3.63) is 23.3 Å². The van der Waals surface area contributed by atoms with Crippen molar-refractivity contribution in [2.75, 3.05) is 12.4 Å². The van der Waals surface area contributed by atoms with Gasteiger partial charge in [0.05, 0.1) is 0 Å². The van der Waals surface area contributed by atoms with Gasteiger partial charge in [-0.2, -0.15) is 0 Å². The number of benzene rings is 1. The lowest BCUT2D eigenvalue weighted by molar-refractivity contribution is 0.254. The number of carbonyl (C=O) groups excluding carboxylic acids is 1. The lowest BCUT2D eigenvalue weighted by atomic mass is 10.1. The van der Waals surface area contributed by atoms with Gasteiger partial charge in [0, 0.05) is 12.7 Å². The molecule has 0 radical (unpaired) electrons. The van der Waals surface area contributed by atoms with Crippen LogP contribution < -0.4 is 15.9 Å². The molecule has 0 saturated carbocycles. The van der Waals surface area contributed by atoms with E-state index in [0.717, 1.165) is 16.6 Å². The van der Waals surface area contributed by atoms with E-state index in [1.807, 2.05) is 26.0 Å². The van der Waals surface area contributed by atoms with Crippen LogP contribution in [0.5, 0.6) is 0 Å². The van der Waals surface area contributed by atoms with Crippen molar-refractivity contribution < 1.29 is 4.79 Å². The lowest BCUT2D eigenvalue weighted by Crippen LogP contribution is -2.25. The molecule has 2 N–H and O–H groups in total. The molecular weight excluding hydrogens is 195 g/mol. The van der Waals surface area contributed by atoms with Crippen molar-refractivity contribution in [2.45, 2.75) is 13.8 Å². The van der Waals surface area contributed by atoms with Crippen molar-refractivity contribution in [3.63, 3.8) is 0 Å². The minimum absolute atomic E-state index is 0.193. The van der Waals surface area contributed by atoms with Gasteiger partial charge in [0.2, 0.25) is 0 Å². The normalized spacial score (nSPS) is 9.71. The van der Waals surface area contributed by atoms with Crippen molar-refractivity contribution in [2.24, 2.45) is 0 Å². The number of rotatable bonds is 1. The third kappa shape index (κ3) is 2.46. The fourth-order valence-corrected chi connectivity index (χ4v) is 1.44. The first-order valence-electron chi connectivity index (χ1n) is 4.40. The summed E-state index contributed by atoms with van der Waals surface area (Å²) in [7, 11) is 4.25. The van der Waals surface area contributed by atoms with Gasteiger partial charge in [0.25, 0.3) is 0 Å². The number of hydrogen-bond donors (Lipinski definition) is 2. The van der Waals surface area contributed by atoms with Crippen LogP contribution in [0, 0.1) is 13.8 Å². The maximum absolute atomic E-state index is 11.1. The van der Waals surface area contributed by atoms with Crippen LogP contribution in [0.1, 0.15) is 11.1 Å². The van der Waals surface area contributed by atoms with E-state index in [9.17, 15) is 4.79 Å². The van der Waals surface area contributed by atoms with E-state index < -0.39 is 0 Å². The van der Waals surface area contributed by atoms with Gasteiger partial charge in [-0.1, -0.05) is 6.07 Å². The molecule has 0 bridgehead atoms. The number of nitrogens with one attached hydrogen (secondary N) is 2. The second kappa shape index (κ2) is 4.43. The standard InChI is InChI=1S/C10H15N2OP/c1-6-4-7(2)9(14)5-8(6)12-10(13)11-3/h4-5H,14H2,1-3H3,(H2,11,12,13). The largest absolute Gasteiger partial charge is 0.341 e. The van der Waals surface area contributed by atoms with Crippen LogP contribution in [0.2, 0.25) is 0 Å². The highest BCUT2D eigenvalue weighted by Crippen LogP contribution is 2.15. The molecule has 76 valence electrons. The summed E-state index contributed by atoms with van der Waals surface area (Å²) in [4.78, 5) is 11.1. The summed E-state index contributed by atoms with van der Waals surface area (Å²) in [5, 5.41) is 6.38. The van der Waals surface area contributed by atoms with Gasteiger partial charge < -0.3 is 10.6 Å². The molecule has 4 heteroatoms. The van der Waals surface area contributed by atoms with E-state index in [1.54, 1.807) is 7.05 Å². The van der Waals surface area contributed by atoms with Gasteiger partial charge in [0.15, 0.2) is 0 Å². The Labute approximate surface area is 86.5 Å². The Balaban J connectivity index is 2.98. The van der Waals surface area contributed by atoms with Crippen LogP contribution in [0.3, 0.4) is 0 Å². The zero-order valence-electron chi connectivity index (χ0n) is 8.64. The molecule has 0 aliphatic carbocycles. The Morgan fingerprint density at radius 1 is 1.29 bits per heavy atom.